The van der Waals surface area contributed by atoms with Gasteiger partial charge in [0, 0.05) is 30.7 Å². The lowest BCUT2D eigenvalue weighted by molar-refractivity contribution is 0.0342. The zero-order valence-electron chi connectivity index (χ0n) is 17.5. The summed E-state index contributed by atoms with van der Waals surface area (Å²) in [6.07, 6.45) is 5.14. The van der Waals surface area contributed by atoms with Gasteiger partial charge in [-0.2, -0.15) is 0 Å². The molecule has 1 aromatic heterocycles. The van der Waals surface area contributed by atoms with E-state index in [0.29, 0.717) is 24.8 Å². The summed E-state index contributed by atoms with van der Waals surface area (Å²) in [6.45, 7) is 2.98. The molecule has 0 radical (unpaired) electrons. The van der Waals surface area contributed by atoms with Crippen LogP contribution in [-0.2, 0) is 0 Å². The number of para-hydroxylation sites is 3. The first-order valence-electron chi connectivity index (χ1n) is 11.0. The summed E-state index contributed by atoms with van der Waals surface area (Å²) in [5.41, 5.74) is 1.37. The molecule has 2 aliphatic heterocycles. The molecule has 160 valence electrons. The number of pyridine rings is 1. The Kier molecular flexibility index (Phi) is 5.71. The topological polar surface area (TPSA) is 63.7 Å². The molecule has 0 bridgehead atoms. The van der Waals surface area contributed by atoms with Gasteiger partial charge in [0.25, 0.3) is 5.91 Å². The van der Waals surface area contributed by atoms with Crippen molar-refractivity contribution in [2.75, 3.05) is 26.2 Å². The van der Waals surface area contributed by atoms with Crippen molar-refractivity contribution >= 4 is 16.8 Å². The lowest BCUT2D eigenvalue weighted by Crippen LogP contribution is -2.51. The molecule has 5 rings (SSSR count). The SMILES string of the molecule is O=C(NCC1CCCCN1CC1COc2ccccc2O1)c1cccc2cccnc12. The Labute approximate surface area is 182 Å². The molecule has 0 aliphatic carbocycles. The molecular formula is C25H27N3O3. The number of benzene rings is 2. The predicted octanol–water partition coefficient (Wildman–Crippen LogP) is 3.66. The summed E-state index contributed by atoms with van der Waals surface area (Å²) in [4.78, 5) is 19.8. The molecule has 2 aliphatic rings. The number of amides is 1. The van der Waals surface area contributed by atoms with Crippen LogP contribution in [0.5, 0.6) is 11.5 Å². The number of nitrogens with zero attached hydrogens (tertiary/aromatic N) is 2. The van der Waals surface area contributed by atoms with Gasteiger partial charge in [-0.05, 0) is 43.7 Å². The van der Waals surface area contributed by atoms with Gasteiger partial charge in [-0.3, -0.25) is 14.7 Å². The lowest BCUT2D eigenvalue weighted by atomic mass is 10.0. The quantitative estimate of drug-likeness (QED) is 0.686. The first-order chi connectivity index (χ1) is 15.3. The van der Waals surface area contributed by atoms with E-state index in [1.54, 1.807) is 6.20 Å². The first-order valence-corrected chi connectivity index (χ1v) is 11.0. The Hall–Kier alpha value is -3.12. The fourth-order valence-electron chi connectivity index (χ4n) is 4.54. The second kappa shape index (κ2) is 8.94. The van der Waals surface area contributed by atoms with Crippen LogP contribution in [0.4, 0.5) is 0 Å². The Bertz CT molecular complexity index is 1070. The molecule has 1 saturated heterocycles. The van der Waals surface area contributed by atoms with E-state index in [1.165, 1.54) is 12.8 Å². The van der Waals surface area contributed by atoms with E-state index in [9.17, 15) is 4.79 Å². The summed E-state index contributed by atoms with van der Waals surface area (Å²) >= 11 is 0. The van der Waals surface area contributed by atoms with Crippen LogP contribution in [-0.4, -0.2) is 54.2 Å². The molecule has 0 saturated carbocycles. The molecule has 6 nitrogen and oxygen atoms in total. The Morgan fingerprint density at radius 2 is 1.94 bits per heavy atom. The molecule has 2 unspecified atom stereocenters. The number of carbonyl (C=O) groups is 1. The zero-order valence-corrected chi connectivity index (χ0v) is 17.5. The van der Waals surface area contributed by atoms with E-state index in [1.807, 2.05) is 54.6 Å². The third-order valence-corrected chi connectivity index (χ3v) is 6.13. The number of nitrogens with one attached hydrogen (secondary N) is 1. The minimum Gasteiger partial charge on any atom is -0.486 e. The molecule has 2 aromatic carbocycles. The smallest absolute Gasteiger partial charge is 0.253 e. The summed E-state index contributed by atoms with van der Waals surface area (Å²) in [6, 6.07) is 17.7. The van der Waals surface area contributed by atoms with Gasteiger partial charge >= 0.3 is 0 Å². The summed E-state index contributed by atoms with van der Waals surface area (Å²) in [5, 5.41) is 4.13. The third-order valence-electron chi connectivity index (χ3n) is 6.13. The maximum Gasteiger partial charge on any atom is 0.253 e. The van der Waals surface area contributed by atoms with Crippen LogP contribution < -0.4 is 14.8 Å². The van der Waals surface area contributed by atoms with E-state index in [2.05, 4.69) is 15.2 Å². The van der Waals surface area contributed by atoms with Crippen molar-refractivity contribution in [3.05, 3.63) is 66.4 Å². The van der Waals surface area contributed by atoms with E-state index < -0.39 is 0 Å². The molecule has 3 aromatic rings. The van der Waals surface area contributed by atoms with Crippen LogP contribution in [0.15, 0.2) is 60.8 Å². The molecule has 2 atom stereocenters. The first kappa shape index (κ1) is 19.8. The highest BCUT2D eigenvalue weighted by Crippen LogP contribution is 2.31. The highest BCUT2D eigenvalue weighted by atomic mass is 16.6. The van der Waals surface area contributed by atoms with Gasteiger partial charge in [-0.1, -0.05) is 36.8 Å². The number of carbonyl (C=O) groups excluding carboxylic acids is 1. The van der Waals surface area contributed by atoms with Crippen LogP contribution in [0.1, 0.15) is 29.6 Å². The molecule has 0 spiro atoms. The Balaban J connectivity index is 1.22. The summed E-state index contributed by atoms with van der Waals surface area (Å²) < 4.78 is 12.0. The Morgan fingerprint density at radius 1 is 1.06 bits per heavy atom. The molecule has 3 heterocycles. The molecule has 6 heteroatoms. The minimum absolute atomic E-state index is 0.00605. The monoisotopic (exact) mass is 417 g/mol. The number of aromatic nitrogens is 1. The van der Waals surface area contributed by atoms with E-state index >= 15 is 0 Å². The average Bonchev–Trinajstić information content (AvgIpc) is 2.83. The highest BCUT2D eigenvalue weighted by molar-refractivity contribution is 6.05. The third kappa shape index (κ3) is 4.35. The highest BCUT2D eigenvalue weighted by Gasteiger charge is 2.29. The fraction of sp³-hybridized carbons (Fsp3) is 0.360. The second-order valence-electron chi connectivity index (χ2n) is 8.23. The molecule has 1 N–H and O–H groups in total. The largest absolute Gasteiger partial charge is 0.486 e. The van der Waals surface area contributed by atoms with Gasteiger partial charge < -0.3 is 14.8 Å². The van der Waals surface area contributed by atoms with Gasteiger partial charge in [0.2, 0.25) is 0 Å². The minimum atomic E-state index is -0.0685. The van der Waals surface area contributed by atoms with Crippen LogP contribution >= 0.6 is 0 Å². The fourth-order valence-corrected chi connectivity index (χ4v) is 4.54. The van der Waals surface area contributed by atoms with Crippen LogP contribution in [0.2, 0.25) is 0 Å². The van der Waals surface area contributed by atoms with Crippen molar-refractivity contribution < 1.29 is 14.3 Å². The molecule has 31 heavy (non-hydrogen) atoms. The van der Waals surface area contributed by atoms with Crippen molar-refractivity contribution in [3.8, 4) is 11.5 Å². The van der Waals surface area contributed by atoms with Gasteiger partial charge in [-0.15, -0.1) is 0 Å². The number of hydrogen-bond acceptors (Lipinski definition) is 5. The molecule has 1 fully saturated rings. The average molecular weight is 418 g/mol. The zero-order chi connectivity index (χ0) is 21.0. The molecule has 1 amide bonds. The Morgan fingerprint density at radius 3 is 2.87 bits per heavy atom. The second-order valence-corrected chi connectivity index (χ2v) is 8.23. The standard InChI is InChI=1S/C25H27N3O3/c29-25(21-10-5-7-18-8-6-13-26-24(18)21)27-15-19-9-3-4-14-28(19)16-20-17-30-22-11-1-2-12-23(22)31-20/h1-2,5-8,10-13,19-20H,3-4,9,14-17H2,(H,27,29). The van der Waals surface area contributed by atoms with Crippen molar-refractivity contribution in [3.63, 3.8) is 0 Å². The van der Waals surface area contributed by atoms with E-state index in [0.717, 1.165) is 41.9 Å². The summed E-state index contributed by atoms with van der Waals surface area (Å²) in [7, 11) is 0. The lowest BCUT2D eigenvalue weighted by Gasteiger charge is -2.38. The van der Waals surface area contributed by atoms with Gasteiger partial charge in [-0.25, -0.2) is 0 Å². The summed E-state index contributed by atoms with van der Waals surface area (Å²) in [5.74, 6) is 1.55. The maximum atomic E-state index is 12.9. The van der Waals surface area contributed by atoms with Crippen molar-refractivity contribution in [1.29, 1.82) is 0 Å². The van der Waals surface area contributed by atoms with Gasteiger partial charge in [0.05, 0.1) is 11.1 Å². The van der Waals surface area contributed by atoms with E-state index in [4.69, 9.17) is 9.47 Å². The van der Waals surface area contributed by atoms with Gasteiger partial charge in [0.1, 0.15) is 12.7 Å². The van der Waals surface area contributed by atoms with Crippen molar-refractivity contribution in [2.24, 2.45) is 0 Å². The van der Waals surface area contributed by atoms with E-state index in [-0.39, 0.29) is 12.0 Å². The predicted molar refractivity (Wildman–Crippen MR) is 120 cm³/mol. The number of rotatable bonds is 5. The maximum absolute atomic E-state index is 12.9. The van der Waals surface area contributed by atoms with Gasteiger partial charge in [0.15, 0.2) is 11.5 Å². The number of piperidine rings is 1. The number of ether oxygens (including phenoxy) is 2. The number of hydrogen-bond donors (Lipinski definition) is 1. The number of likely N-dealkylation sites (tertiary alicyclic amines) is 1. The van der Waals surface area contributed by atoms with Crippen molar-refractivity contribution in [2.45, 2.75) is 31.4 Å². The molecular weight excluding hydrogens is 390 g/mol. The van der Waals surface area contributed by atoms with Crippen LogP contribution in [0, 0.1) is 0 Å². The van der Waals surface area contributed by atoms with Crippen molar-refractivity contribution in [1.82, 2.24) is 15.2 Å². The van der Waals surface area contributed by atoms with Crippen LogP contribution in [0.3, 0.4) is 0 Å². The normalized spacial score (nSPS) is 21.0. The number of fused-ring (bicyclic) bond motifs is 2. The van der Waals surface area contributed by atoms with Crippen LogP contribution in [0.25, 0.3) is 10.9 Å².